The maximum absolute atomic E-state index is 12.9. The molecule has 4 rings (SSSR count). The Balaban J connectivity index is 1.81. The molecule has 1 N–H and O–H groups in total. The van der Waals surface area contributed by atoms with Gasteiger partial charge in [0.05, 0.1) is 52.4 Å². The van der Waals surface area contributed by atoms with Crippen molar-refractivity contribution in [1.82, 2.24) is 9.88 Å². The van der Waals surface area contributed by atoms with Gasteiger partial charge in [0.2, 0.25) is 0 Å². The third-order valence-electron chi connectivity index (χ3n) is 6.28. The Hall–Kier alpha value is -2.78. The average molecular weight is 547 g/mol. The van der Waals surface area contributed by atoms with Gasteiger partial charge in [-0.25, -0.2) is 4.79 Å². The Morgan fingerprint density at radius 2 is 1.89 bits per heavy atom. The molecule has 1 aliphatic heterocycles. The summed E-state index contributed by atoms with van der Waals surface area (Å²) < 4.78 is 16.6. The highest BCUT2D eigenvalue weighted by Crippen LogP contribution is 2.40. The highest BCUT2D eigenvalue weighted by molar-refractivity contribution is 6.43. The lowest BCUT2D eigenvalue weighted by Crippen LogP contribution is -2.47. The lowest BCUT2D eigenvalue weighted by Gasteiger charge is -2.36. The normalized spacial score (nSPS) is 14.1. The van der Waals surface area contributed by atoms with Gasteiger partial charge in [0.25, 0.3) is 0 Å². The number of nitrogens with zero attached hydrogens (tertiary/aromatic N) is 3. The monoisotopic (exact) mass is 546 g/mol. The molecule has 0 aliphatic carbocycles. The molecule has 0 unspecified atom stereocenters. The van der Waals surface area contributed by atoms with Crippen molar-refractivity contribution < 1.29 is 19.0 Å². The molecular formula is C27H32Cl2N4O4. The average Bonchev–Trinajstić information content (AvgIpc) is 2.90. The van der Waals surface area contributed by atoms with Crippen molar-refractivity contribution in [3.8, 4) is 5.75 Å². The second-order valence-corrected chi connectivity index (χ2v) is 9.37. The molecule has 198 valence electrons. The summed E-state index contributed by atoms with van der Waals surface area (Å²) >= 11 is 12.8. The van der Waals surface area contributed by atoms with E-state index >= 15 is 0 Å². The van der Waals surface area contributed by atoms with Crippen molar-refractivity contribution >= 4 is 57.1 Å². The summed E-state index contributed by atoms with van der Waals surface area (Å²) in [6, 6.07) is 9.27. The Morgan fingerprint density at radius 3 is 2.59 bits per heavy atom. The van der Waals surface area contributed by atoms with E-state index in [1.807, 2.05) is 25.1 Å². The van der Waals surface area contributed by atoms with Gasteiger partial charge in [-0.05, 0) is 32.0 Å². The number of rotatable bonds is 10. The summed E-state index contributed by atoms with van der Waals surface area (Å²) in [5.41, 5.74) is 3.07. The van der Waals surface area contributed by atoms with Gasteiger partial charge in [0.15, 0.2) is 0 Å². The van der Waals surface area contributed by atoms with Gasteiger partial charge in [-0.2, -0.15) is 0 Å². The quantitative estimate of drug-likeness (QED) is 0.328. The number of hydrogen-bond acceptors (Lipinski definition) is 8. The van der Waals surface area contributed by atoms with Crippen molar-refractivity contribution in [3.05, 3.63) is 52.1 Å². The summed E-state index contributed by atoms with van der Waals surface area (Å²) in [6.45, 7) is 9.62. The van der Waals surface area contributed by atoms with Crippen LogP contribution in [0, 0.1) is 0 Å². The number of esters is 1. The molecule has 0 atom stereocenters. The number of fused-ring (bicyclic) bond motifs is 1. The van der Waals surface area contributed by atoms with Crippen LogP contribution in [0.3, 0.4) is 0 Å². The lowest BCUT2D eigenvalue weighted by atomic mass is 10.1. The van der Waals surface area contributed by atoms with E-state index < -0.39 is 5.97 Å². The number of benzene rings is 2. The minimum absolute atomic E-state index is 0.246. The van der Waals surface area contributed by atoms with Gasteiger partial charge in [-0.1, -0.05) is 29.3 Å². The number of anilines is 3. The Labute approximate surface area is 227 Å². The molecule has 3 aromatic rings. The fraction of sp³-hybridized carbons (Fsp3) is 0.407. The second kappa shape index (κ2) is 12.6. The number of carbonyl (C=O) groups is 1. The summed E-state index contributed by atoms with van der Waals surface area (Å²) in [5, 5.41) is 4.86. The van der Waals surface area contributed by atoms with Gasteiger partial charge in [-0.3, -0.25) is 9.88 Å². The Bertz CT molecular complexity index is 1250. The second-order valence-electron chi connectivity index (χ2n) is 8.59. The van der Waals surface area contributed by atoms with Crippen molar-refractivity contribution in [3.63, 3.8) is 0 Å². The zero-order valence-electron chi connectivity index (χ0n) is 21.4. The van der Waals surface area contributed by atoms with E-state index in [1.54, 1.807) is 26.2 Å². The zero-order valence-corrected chi connectivity index (χ0v) is 22.9. The van der Waals surface area contributed by atoms with Crippen LogP contribution in [0.5, 0.6) is 5.75 Å². The van der Waals surface area contributed by atoms with Crippen molar-refractivity contribution in [2.75, 3.05) is 69.9 Å². The van der Waals surface area contributed by atoms with Crippen LogP contribution >= 0.6 is 23.2 Å². The third-order valence-corrected chi connectivity index (χ3v) is 7.10. The number of nitrogens with one attached hydrogen (secondary N) is 1. The van der Waals surface area contributed by atoms with Crippen molar-refractivity contribution in [1.29, 1.82) is 0 Å². The van der Waals surface area contributed by atoms with Gasteiger partial charge in [0.1, 0.15) is 11.3 Å². The first kappa shape index (κ1) is 27.3. The molecule has 1 aliphatic rings. The van der Waals surface area contributed by atoms with Crippen LogP contribution in [0.4, 0.5) is 17.1 Å². The number of hydrogen-bond donors (Lipinski definition) is 1. The lowest BCUT2D eigenvalue weighted by molar-refractivity contribution is 0.0527. The van der Waals surface area contributed by atoms with Crippen molar-refractivity contribution in [2.24, 2.45) is 0 Å². The van der Waals surface area contributed by atoms with E-state index in [-0.39, 0.29) is 6.61 Å². The van der Waals surface area contributed by atoms with E-state index in [1.165, 1.54) is 6.20 Å². The Kier molecular flexibility index (Phi) is 9.32. The predicted molar refractivity (Wildman–Crippen MR) is 149 cm³/mol. The molecule has 2 heterocycles. The van der Waals surface area contributed by atoms with E-state index in [0.717, 1.165) is 49.5 Å². The van der Waals surface area contributed by atoms with E-state index in [2.05, 4.69) is 20.1 Å². The van der Waals surface area contributed by atoms with Crippen LogP contribution in [0.15, 0.2) is 36.5 Å². The fourth-order valence-electron chi connectivity index (χ4n) is 4.39. The zero-order chi connectivity index (χ0) is 26.4. The summed E-state index contributed by atoms with van der Waals surface area (Å²) in [7, 11) is 1.72. The smallest absolute Gasteiger partial charge is 0.341 e. The van der Waals surface area contributed by atoms with Crippen LogP contribution in [-0.4, -0.2) is 75.5 Å². The Morgan fingerprint density at radius 1 is 1.11 bits per heavy atom. The third kappa shape index (κ3) is 6.21. The summed E-state index contributed by atoms with van der Waals surface area (Å²) in [5.74, 6) is 0.281. The molecule has 0 amide bonds. The van der Waals surface area contributed by atoms with Crippen LogP contribution in [0.1, 0.15) is 24.2 Å². The molecule has 0 spiro atoms. The van der Waals surface area contributed by atoms with Crippen LogP contribution in [0.25, 0.3) is 10.9 Å². The molecule has 10 heteroatoms. The maximum atomic E-state index is 12.9. The first-order valence-corrected chi connectivity index (χ1v) is 13.2. The standard InChI is InChI=1S/C27H32Cl2N4O4/c1-4-36-24-16-22-18(15-23(24)33-11-9-32(10-12-33)13-14-35-3)26(19(17-30-22)27(34)37-5-2)31-21-8-6-7-20(28)25(21)29/h6-8,15-17H,4-5,9-14H2,1-3H3,(H,30,31). The molecule has 1 saturated heterocycles. The molecule has 8 nitrogen and oxygen atoms in total. The van der Waals surface area contributed by atoms with Gasteiger partial charge in [0, 0.05) is 57.5 Å². The number of ether oxygens (including phenoxy) is 3. The highest BCUT2D eigenvalue weighted by Gasteiger charge is 2.24. The molecule has 2 aromatic carbocycles. The van der Waals surface area contributed by atoms with Crippen LogP contribution < -0.4 is 15.0 Å². The van der Waals surface area contributed by atoms with E-state index in [9.17, 15) is 4.79 Å². The number of pyridine rings is 1. The van der Waals surface area contributed by atoms with E-state index in [0.29, 0.717) is 45.7 Å². The molecule has 0 saturated carbocycles. The van der Waals surface area contributed by atoms with Gasteiger partial charge in [-0.15, -0.1) is 0 Å². The predicted octanol–water partition coefficient (Wildman–Crippen LogP) is 5.63. The molecular weight excluding hydrogens is 515 g/mol. The summed E-state index contributed by atoms with van der Waals surface area (Å²) in [4.78, 5) is 22.2. The first-order chi connectivity index (χ1) is 18.0. The molecule has 0 bridgehead atoms. The minimum Gasteiger partial charge on any atom is -0.492 e. The highest BCUT2D eigenvalue weighted by atomic mass is 35.5. The largest absolute Gasteiger partial charge is 0.492 e. The number of aromatic nitrogens is 1. The fourth-order valence-corrected chi connectivity index (χ4v) is 4.74. The number of methoxy groups -OCH3 is 1. The minimum atomic E-state index is -0.472. The molecule has 0 radical (unpaired) electrons. The molecule has 37 heavy (non-hydrogen) atoms. The number of carbonyl (C=O) groups excluding carboxylic acids is 1. The SMILES string of the molecule is CCOC(=O)c1cnc2cc(OCC)c(N3CCN(CCOC)CC3)cc2c1Nc1cccc(Cl)c1Cl. The van der Waals surface area contributed by atoms with Crippen LogP contribution in [-0.2, 0) is 9.47 Å². The van der Waals surface area contributed by atoms with Gasteiger partial charge >= 0.3 is 5.97 Å². The molecule has 1 aromatic heterocycles. The van der Waals surface area contributed by atoms with E-state index in [4.69, 9.17) is 37.4 Å². The topological polar surface area (TPSA) is 76.2 Å². The first-order valence-electron chi connectivity index (χ1n) is 12.4. The summed E-state index contributed by atoms with van der Waals surface area (Å²) in [6.07, 6.45) is 1.52. The van der Waals surface area contributed by atoms with Crippen molar-refractivity contribution in [2.45, 2.75) is 13.8 Å². The number of halogens is 2. The van der Waals surface area contributed by atoms with Gasteiger partial charge < -0.3 is 24.4 Å². The number of piperazine rings is 1. The maximum Gasteiger partial charge on any atom is 0.341 e. The van der Waals surface area contributed by atoms with Crippen LogP contribution in [0.2, 0.25) is 10.0 Å². The molecule has 1 fully saturated rings.